The molecule has 1 aromatic heterocycles. The number of ether oxygens (including phenoxy) is 1. The lowest BCUT2D eigenvalue weighted by molar-refractivity contribution is -0.137. The molecule has 1 aromatic carbocycles. The number of amides is 1. The average Bonchev–Trinajstić information content (AvgIpc) is 3.33. The van der Waals surface area contributed by atoms with Gasteiger partial charge in [0.15, 0.2) is 0 Å². The number of piperidine rings is 1. The summed E-state index contributed by atoms with van der Waals surface area (Å²) in [6.07, 6.45) is 2.59. The quantitative estimate of drug-likeness (QED) is 0.556. The molecule has 0 saturated carbocycles. The molecule has 0 spiro atoms. The molecule has 1 saturated heterocycles. The highest BCUT2D eigenvalue weighted by atomic mass is 19.4. The Morgan fingerprint density at radius 3 is 2.69 bits per heavy atom. The lowest BCUT2D eigenvalue weighted by Crippen LogP contribution is -2.39. The van der Waals surface area contributed by atoms with Crippen molar-refractivity contribution in [1.82, 2.24) is 9.88 Å². The molecule has 0 unspecified atom stereocenters. The van der Waals surface area contributed by atoms with Gasteiger partial charge in [0.25, 0.3) is 5.91 Å². The zero-order valence-corrected chi connectivity index (χ0v) is 17.3. The summed E-state index contributed by atoms with van der Waals surface area (Å²) in [6, 6.07) is 6.42. The number of hydrogen-bond acceptors (Lipinski definition) is 4. The molecule has 2 aromatic rings. The molecule has 2 N–H and O–H groups in total. The van der Waals surface area contributed by atoms with Crippen molar-refractivity contribution >= 4 is 23.5 Å². The van der Waals surface area contributed by atoms with Crippen molar-refractivity contribution in [3.8, 4) is 0 Å². The van der Waals surface area contributed by atoms with Gasteiger partial charge in [0.2, 0.25) is 0 Å². The second kappa shape index (κ2) is 9.12. The summed E-state index contributed by atoms with van der Waals surface area (Å²) >= 11 is 0. The molecule has 9 heteroatoms. The molecule has 0 bridgehead atoms. The lowest BCUT2D eigenvalue weighted by Gasteiger charge is -2.36. The molecule has 6 nitrogen and oxygen atoms in total. The fourth-order valence-electron chi connectivity index (χ4n) is 4.14. The third-order valence-corrected chi connectivity index (χ3v) is 5.75. The minimum absolute atomic E-state index is 0.252. The first-order valence-electron chi connectivity index (χ1n) is 10.4. The van der Waals surface area contributed by atoms with E-state index in [2.05, 4.69) is 9.98 Å². The summed E-state index contributed by atoms with van der Waals surface area (Å²) in [4.78, 5) is 23.5. The maximum atomic E-state index is 13.4. The van der Waals surface area contributed by atoms with Crippen molar-refractivity contribution < 1.29 is 22.7 Å². The smallest absolute Gasteiger partial charge is 0.390 e. The maximum Gasteiger partial charge on any atom is 0.416 e. The lowest BCUT2D eigenvalue weighted by atomic mass is 9.94. The second-order valence-corrected chi connectivity index (χ2v) is 7.74. The normalized spacial score (nSPS) is 19.4. The van der Waals surface area contributed by atoms with E-state index >= 15 is 0 Å². The number of carbonyl (C=O) groups is 1. The summed E-state index contributed by atoms with van der Waals surface area (Å²) in [5, 5.41) is 0. The van der Waals surface area contributed by atoms with Crippen LogP contribution in [0.3, 0.4) is 0 Å². The Balaban J connectivity index is 1.64. The Kier molecular flexibility index (Phi) is 6.27. The predicted octanol–water partition coefficient (Wildman–Crippen LogP) is 4.50. The number of nitrogens with two attached hydrogens (primary N) is 1. The summed E-state index contributed by atoms with van der Waals surface area (Å²) < 4.78 is 44.2. The fourth-order valence-corrected chi connectivity index (χ4v) is 4.14. The van der Waals surface area contributed by atoms with E-state index < -0.39 is 11.7 Å². The van der Waals surface area contributed by atoms with E-state index in [-0.39, 0.29) is 17.6 Å². The molecule has 2 aliphatic heterocycles. The van der Waals surface area contributed by atoms with Crippen molar-refractivity contribution in [1.29, 1.82) is 0 Å². The minimum Gasteiger partial charge on any atom is -0.390 e. The molecule has 3 heterocycles. The molecule has 32 heavy (non-hydrogen) atoms. The van der Waals surface area contributed by atoms with Crippen molar-refractivity contribution in [2.45, 2.75) is 31.5 Å². The molecule has 1 atom stereocenters. The van der Waals surface area contributed by atoms with Gasteiger partial charge in [-0.25, -0.2) is 9.98 Å². The third-order valence-electron chi connectivity index (χ3n) is 5.75. The summed E-state index contributed by atoms with van der Waals surface area (Å²) in [5.41, 5.74) is 7.85. The van der Waals surface area contributed by atoms with Gasteiger partial charge in [0, 0.05) is 12.1 Å². The van der Waals surface area contributed by atoms with E-state index in [0.717, 1.165) is 36.1 Å². The Labute approximate surface area is 183 Å². The summed E-state index contributed by atoms with van der Waals surface area (Å²) in [5.74, 6) is -0.265. The van der Waals surface area contributed by atoms with Crippen LogP contribution in [-0.4, -0.2) is 41.9 Å². The van der Waals surface area contributed by atoms with Crippen LogP contribution < -0.4 is 5.73 Å². The predicted molar refractivity (Wildman–Crippen MR) is 114 cm³/mol. The number of benzene rings is 1. The van der Waals surface area contributed by atoms with Crippen LogP contribution in [0.2, 0.25) is 0 Å². The van der Waals surface area contributed by atoms with Gasteiger partial charge in [-0.3, -0.25) is 4.79 Å². The van der Waals surface area contributed by atoms with E-state index in [0.29, 0.717) is 37.4 Å². The number of likely N-dealkylation sites (tertiary alicyclic amines) is 1. The zero-order valence-electron chi connectivity index (χ0n) is 17.3. The van der Waals surface area contributed by atoms with Gasteiger partial charge in [-0.1, -0.05) is 18.2 Å². The molecule has 4 rings (SSSR count). The van der Waals surface area contributed by atoms with Gasteiger partial charge in [0.1, 0.15) is 5.69 Å². The number of halogens is 3. The highest BCUT2D eigenvalue weighted by Gasteiger charge is 2.33. The average molecular weight is 444 g/mol. The topological polar surface area (TPSA) is 80.8 Å². The van der Waals surface area contributed by atoms with Gasteiger partial charge in [-0.15, -0.1) is 0 Å². The number of aliphatic imine (C=N–C) groups is 1. The number of pyridine rings is 1. The number of hydrogen-bond donors (Lipinski definition) is 1. The zero-order chi connectivity index (χ0) is 22.7. The molecule has 2 aliphatic rings. The van der Waals surface area contributed by atoms with Crippen LogP contribution in [0.1, 0.15) is 52.5 Å². The van der Waals surface area contributed by atoms with Gasteiger partial charge >= 0.3 is 6.18 Å². The Morgan fingerprint density at radius 1 is 1.25 bits per heavy atom. The highest BCUT2D eigenvalue weighted by Crippen LogP contribution is 2.36. The molecular weight excluding hydrogens is 421 g/mol. The number of aromatic nitrogens is 1. The van der Waals surface area contributed by atoms with Crippen LogP contribution in [0, 0.1) is 0 Å². The second-order valence-electron chi connectivity index (χ2n) is 7.74. The molecule has 1 fully saturated rings. The largest absolute Gasteiger partial charge is 0.416 e. The van der Waals surface area contributed by atoms with Crippen LogP contribution in [0.15, 0.2) is 47.6 Å². The van der Waals surface area contributed by atoms with Gasteiger partial charge in [-0.05, 0) is 48.6 Å². The Bertz CT molecular complexity index is 1050. The van der Waals surface area contributed by atoms with E-state index in [4.69, 9.17) is 10.5 Å². The molecule has 0 aliphatic carbocycles. The first kappa shape index (κ1) is 22.0. The first-order chi connectivity index (χ1) is 15.4. The van der Waals surface area contributed by atoms with Crippen LogP contribution in [0.4, 0.5) is 18.9 Å². The number of nitrogens with zero attached hydrogens (tertiary/aromatic N) is 3. The van der Waals surface area contributed by atoms with Gasteiger partial charge in [0.05, 0.1) is 43.0 Å². The van der Waals surface area contributed by atoms with Crippen LogP contribution in [0.5, 0.6) is 0 Å². The van der Waals surface area contributed by atoms with Gasteiger partial charge in [-0.2, -0.15) is 13.2 Å². The van der Waals surface area contributed by atoms with Gasteiger partial charge < -0.3 is 15.4 Å². The Hall–Kier alpha value is -3.20. The van der Waals surface area contributed by atoms with Crippen molar-refractivity contribution in [3.63, 3.8) is 0 Å². The first-order valence-corrected chi connectivity index (χ1v) is 10.4. The van der Waals surface area contributed by atoms with Crippen molar-refractivity contribution in [2.24, 2.45) is 10.7 Å². The third kappa shape index (κ3) is 4.52. The fraction of sp³-hybridized carbons (Fsp3) is 0.348. The summed E-state index contributed by atoms with van der Waals surface area (Å²) in [6.45, 7) is 1.40. The van der Waals surface area contributed by atoms with Crippen molar-refractivity contribution in [3.05, 3.63) is 65.0 Å². The number of carbonyl (C=O) groups excluding carboxylic acids is 1. The monoisotopic (exact) mass is 444 g/mol. The molecule has 1 amide bonds. The Morgan fingerprint density at radius 2 is 2.03 bits per heavy atom. The molecule has 0 radical (unpaired) electrons. The van der Waals surface area contributed by atoms with E-state index in [1.165, 1.54) is 24.7 Å². The minimum atomic E-state index is -4.40. The SMILES string of the molecule is NC=Nc1cnc(C(=O)N2CCCC[C@H]2c2ccc(C(F)(F)F)cc2)cc1C1=CCOC1. The molecular formula is C23H23F3N4O2. The number of rotatable bonds is 4. The van der Waals surface area contributed by atoms with E-state index in [9.17, 15) is 18.0 Å². The summed E-state index contributed by atoms with van der Waals surface area (Å²) in [7, 11) is 0. The number of alkyl halides is 3. The standard InChI is InChI=1S/C23H23F3N4O2/c24-23(25,26)17-6-4-15(5-7-17)21-3-1-2-9-30(21)22(31)19-11-18(16-8-10-32-13-16)20(12-28-19)29-14-27/h4-8,11-12,14,21H,1-3,9-10,13H2,(H2,27,29)/t21-/m0/s1. The van der Waals surface area contributed by atoms with Crippen LogP contribution in [-0.2, 0) is 10.9 Å². The van der Waals surface area contributed by atoms with Crippen molar-refractivity contribution in [2.75, 3.05) is 19.8 Å². The maximum absolute atomic E-state index is 13.4. The molecule has 168 valence electrons. The highest BCUT2D eigenvalue weighted by molar-refractivity contribution is 5.94. The van der Waals surface area contributed by atoms with E-state index in [1.54, 1.807) is 11.0 Å². The van der Waals surface area contributed by atoms with Crippen LogP contribution >= 0.6 is 0 Å². The van der Waals surface area contributed by atoms with Crippen LogP contribution in [0.25, 0.3) is 5.57 Å². The van der Waals surface area contributed by atoms with E-state index in [1.807, 2.05) is 6.08 Å².